The Balaban J connectivity index is 1.71. The number of benzene rings is 2. The molecule has 3 aromatic rings. The lowest BCUT2D eigenvalue weighted by Gasteiger charge is -2.13. The van der Waals surface area contributed by atoms with Gasteiger partial charge in [0, 0.05) is 17.3 Å². The molecule has 9 heteroatoms. The van der Waals surface area contributed by atoms with Crippen LogP contribution in [0.1, 0.15) is 12.5 Å². The van der Waals surface area contributed by atoms with E-state index in [-0.39, 0.29) is 5.91 Å². The van der Waals surface area contributed by atoms with Crippen molar-refractivity contribution in [2.24, 2.45) is 0 Å². The average Bonchev–Trinajstić information content (AvgIpc) is 3.08. The molecule has 0 unspecified atom stereocenters. The minimum atomic E-state index is -0.445. The molecule has 3 N–H and O–H groups in total. The summed E-state index contributed by atoms with van der Waals surface area (Å²) in [5.74, 6) is 7.67. The molecule has 1 heterocycles. The number of hydrogen-bond acceptors (Lipinski definition) is 7. The van der Waals surface area contributed by atoms with E-state index in [0.29, 0.717) is 28.2 Å². The molecule has 0 fully saturated rings. The summed E-state index contributed by atoms with van der Waals surface area (Å²) in [5.41, 5.74) is 2.55. The third-order valence-corrected chi connectivity index (χ3v) is 5.41. The SMILES string of the molecule is COc1ccc(NC(=O)[C@H](C)Sc2nnc(-c3ccccc3C)n2N)cc1OC. The highest BCUT2D eigenvalue weighted by Crippen LogP contribution is 2.31. The Morgan fingerprint density at radius 2 is 1.86 bits per heavy atom. The van der Waals surface area contributed by atoms with Gasteiger partial charge in [-0.05, 0) is 31.5 Å². The molecule has 29 heavy (non-hydrogen) atoms. The van der Waals surface area contributed by atoms with Crippen LogP contribution in [0.5, 0.6) is 11.5 Å². The van der Waals surface area contributed by atoms with Crippen molar-refractivity contribution in [3.05, 3.63) is 48.0 Å². The van der Waals surface area contributed by atoms with E-state index in [4.69, 9.17) is 15.3 Å². The third kappa shape index (κ3) is 4.45. The number of rotatable bonds is 7. The largest absolute Gasteiger partial charge is 0.493 e. The van der Waals surface area contributed by atoms with E-state index in [1.165, 1.54) is 16.4 Å². The average molecular weight is 414 g/mol. The molecule has 0 saturated heterocycles. The summed E-state index contributed by atoms with van der Waals surface area (Å²) < 4.78 is 11.9. The zero-order valence-corrected chi connectivity index (χ0v) is 17.5. The number of carbonyl (C=O) groups is 1. The van der Waals surface area contributed by atoms with Gasteiger partial charge in [-0.15, -0.1) is 10.2 Å². The molecule has 1 atom stereocenters. The molecule has 0 bridgehead atoms. The van der Waals surface area contributed by atoms with Gasteiger partial charge in [-0.3, -0.25) is 4.79 Å². The number of hydrogen-bond donors (Lipinski definition) is 2. The van der Waals surface area contributed by atoms with Crippen LogP contribution < -0.4 is 20.6 Å². The number of thioether (sulfide) groups is 1. The summed E-state index contributed by atoms with van der Waals surface area (Å²) >= 11 is 1.23. The summed E-state index contributed by atoms with van der Waals surface area (Å²) in [6.45, 7) is 3.76. The highest BCUT2D eigenvalue weighted by molar-refractivity contribution is 8.00. The van der Waals surface area contributed by atoms with Gasteiger partial charge in [-0.1, -0.05) is 36.0 Å². The standard InChI is InChI=1S/C20H23N5O3S/c1-12-7-5-6-8-15(12)18-23-24-20(25(18)21)29-13(2)19(26)22-14-9-10-16(27-3)17(11-14)28-4/h5-11,13H,21H2,1-4H3,(H,22,26)/t13-/m0/s1. The maximum Gasteiger partial charge on any atom is 0.237 e. The Morgan fingerprint density at radius 3 is 2.55 bits per heavy atom. The van der Waals surface area contributed by atoms with Crippen molar-refractivity contribution in [2.75, 3.05) is 25.4 Å². The topological polar surface area (TPSA) is 104 Å². The van der Waals surface area contributed by atoms with Crippen molar-refractivity contribution in [3.8, 4) is 22.9 Å². The Kier molecular flexibility index (Phi) is 6.28. The first-order valence-corrected chi connectivity index (χ1v) is 9.78. The lowest BCUT2D eigenvalue weighted by Crippen LogP contribution is -2.23. The molecule has 1 aromatic heterocycles. The molecule has 0 aliphatic carbocycles. The first kappa shape index (κ1) is 20.5. The molecule has 3 rings (SSSR count). The summed E-state index contributed by atoms with van der Waals surface area (Å²) in [5, 5.41) is 11.2. The number of nitrogen functional groups attached to an aromatic ring is 1. The van der Waals surface area contributed by atoms with Crippen LogP contribution in [0, 0.1) is 6.92 Å². The number of ether oxygens (including phenoxy) is 2. The maximum absolute atomic E-state index is 12.6. The normalized spacial score (nSPS) is 11.7. The molecular formula is C20H23N5O3S. The number of methoxy groups -OCH3 is 2. The summed E-state index contributed by atoms with van der Waals surface area (Å²) in [4.78, 5) is 12.6. The Hall–Kier alpha value is -3.20. The fourth-order valence-electron chi connectivity index (χ4n) is 2.73. The third-order valence-electron chi connectivity index (χ3n) is 4.35. The van der Waals surface area contributed by atoms with Gasteiger partial charge in [0.25, 0.3) is 0 Å². The number of nitrogens with two attached hydrogens (primary N) is 1. The van der Waals surface area contributed by atoms with Gasteiger partial charge in [0.1, 0.15) is 0 Å². The summed E-state index contributed by atoms with van der Waals surface area (Å²) in [7, 11) is 3.10. The van der Waals surface area contributed by atoms with E-state index in [2.05, 4.69) is 15.5 Å². The van der Waals surface area contributed by atoms with E-state index in [0.717, 1.165) is 11.1 Å². The second-order valence-corrected chi connectivity index (χ2v) is 7.62. The molecule has 152 valence electrons. The van der Waals surface area contributed by atoms with Crippen LogP contribution in [0.2, 0.25) is 0 Å². The van der Waals surface area contributed by atoms with Crippen LogP contribution in [-0.2, 0) is 4.79 Å². The Bertz CT molecular complexity index is 1020. The van der Waals surface area contributed by atoms with E-state index in [9.17, 15) is 4.79 Å². The van der Waals surface area contributed by atoms with Gasteiger partial charge in [-0.25, -0.2) is 4.68 Å². The van der Waals surface area contributed by atoms with E-state index in [1.54, 1.807) is 39.3 Å². The van der Waals surface area contributed by atoms with Crippen LogP contribution >= 0.6 is 11.8 Å². The molecule has 0 aliphatic heterocycles. The van der Waals surface area contributed by atoms with Crippen molar-refractivity contribution >= 4 is 23.4 Å². The molecular weight excluding hydrogens is 390 g/mol. The Morgan fingerprint density at radius 1 is 1.14 bits per heavy atom. The number of anilines is 1. The van der Waals surface area contributed by atoms with Crippen molar-refractivity contribution < 1.29 is 14.3 Å². The quantitative estimate of drug-likeness (QED) is 0.453. The molecule has 2 aromatic carbocycles. The first-order valence-electron chi connectivity index (χ1n) is 8.90. The number of carbonyl (C=O) groups excluding carboxylic acids is 1. The van der Waals surface area contributed by atoms with Gasteiger partial charge in [0.2, 0.25) is 11.1 Å². The molecule has 0 saturated carbocycles. The number of amides is 1. The minimum absolute atomic E-state index is 0.192. The van der Waals surface area contributed by atoms with Gasteiger partial charge >= 0.3 is 0 Å². The van der Waals surface area contributed by atoms with E-state index < -0.39 is 5.25 Å². The van der Waals surface area contributed by atoms with Crippen LogP contribution in [0.3, 0.4) is 0 Å². The minimum Gasteiger partial charge on any atom is -0.493 e. The summed E-state index contributed by atoms with van der Waals surface area (Å²) in [6.07, 6.45) is 0. The van der Waals surface area contributed by atoms with Crippen molar-refractivity contribution in [2.45, 2.75) is 24.3 Å². The highest BCUT2D eigenvalue weighted by atomic mass is 32.2. The fraction of sp³-hybridized carbons (Fsp3) is 0.250. The second-order valence-electron chi connectivity index (χ2n) is 6.31. The molecule has 0 aliphatic rings. The molecule has 8 nitrogen and oxygen atoms in total. The smallest absolute Gasteiger partial charge is 0.237 e. The fourth-order valence-corrected chi connectivity index (χ4v) is 3.50. The van der Waals surface area contributed by atoms with Crippen LogP contribution in [0.15, 0.2) is 47.6 Å². The van der Waals surface area contributed by atoms with Crippen molar-refractivity contribution in [3.63, 3.8) is 0 Å². The van der Waals surface area contributed by atoms with Gasteiger partial charge < -0.3 is 20.6 Å². The van der Waals surface area contributed by atoms with Crippen LogP contribution in [0.25, 0.3) is 11.4 Å². The Labute approximate surface area is 173 Å². The molecule has 0 spiro atoms. The lowest BCUT2D eigenvalue weighted by molar-refractivity contribution is -0.115. The van der Waals surface area contributed by atoms with Crippen LogP contribution in [0.4, 0.5) is 5.69 Å². The van der Waals surface area contributed by atoms with Crippen molar-refractivity contribution in [1.82, 2.24) is 14.9 Å². The maximum atomic E-state index is 12.6. The number of aryl methyl sites for hydroxylation is 1. The highest BCUT2D eigenvalue weighted by Gasteiger charge is 2.21. The first-order chi connectivity index (χ1) is 13.9. The van der Waals surface area contributed by atoms with Gasteiger partial charge in [0.15, 0.2) is 17.3 Å². The summed E-state index contributed by atoms with van der Waals surface area (Å²) in [6, 6.07) is 13.0. The van der Waals surface area contributed by atoms with Crippen molar-refractivity contribution in [1.29, 1.82) is 0 Å². The van der Waals surface area contributed by atoms with E-state index in [1.807, 2.05) is 31.2 Å². The molecule has 0 radical (unpaired) electrons. The van der Waals surface area contributed by atoms with E-state index >= 15 is 0 Å². The number of nitrogens with one attached hydrogen (secondary N) is 1. The zero-order chi connectivity index (χ0) is 21.0. The lowest BCUT2D eigenvalue weighted by atomic mass is 10.1. The van der Waals surface area contributed by atoms with Crippen LogP contribution in [-0.4, -0.2) is 40.3 Å². The number of aromatic nitrogens is 3. The predicted molar refractivity (Wildman–Crippen MR) is 114 cm³/mol. The second kappa shape index (κ2) is 8.87. The number of nitrogens with zero attached hydrogens (tertiary/aromatic N) is 3. The predicted octanol–water partition coefficient (Wildman–Crippen LogP) is 3.10. The monoisotopic (exact) mass is 413 g/mol. The van der Waals surface area contributed by atoms with Gasteiger partial charge in [-0.2, -0.15) is 0 Å². The molecule has 1 amide bonds. The zero-order valence-electron chi connectivity index (χ0n) is 16.7. The van der Waals surface area contributed by atoms with Gasteiger partial charge in [0.05, 0.1) is 19.5 Å².